The molecule has 158 valence electrons. The first-order chi connectivity index (χ1) is 15.2. The summed E-state index contributed by atoms with van der Waals surface area (Å²) in [6.07, 6.45) is 12.9. The van der Waals surface area contributed by atoms with Gasteiger partial charge >= 0.3 is 0 Å². The van der Waals surface area contributed by atoms with Gasteiger partial charge in [0, 0.05) is 23.5 Å². The molecule has 4 rings (SSSR count). The molecule has 0 spiro atoms. The van der Waals surface area contributed by atoms with Crippen molar-refractivity contribution in [2.45, 2.75) is 57.8 Å². The summed E-state index contributed by atoms with van der Waals surface area (Å²) in [5.41, 5.74) is 4.04. The molecular weight excluding hydrogens is 385 g/mol. The van der Waals surface area contributed by atoms with Crippen LogP contribution in [0.15, 0.2) is 54.9 Å². The molecular formula is C27H28FN3. The van der Waals surface area contributed by atoms with E-state index in [1.807, 2.05) is 6.07 Å². The number of nitrogens with zero attached hydrogens (tertiary/aromatic N) is 3. The Kier molecular flexibility index (Phi) is 6.72. The van der Waals surface area contributed by atoms with Gasteiger partial charge in [-0.2, -0.15) is 5.26 Å². The summed E-state index contributed by atoms with van der Waals surface area (Å²) < 4.78 is 13.9. The quantitative estimate of drug-likeness (QED) is 0.426. The highest BCUT2D eigenvalue weighted by Crippen LogP contribution is 2.38. The van der Waals surface area contributed by atoms with Crippen molar-refractivity contribution in [1.82, 2.24) is 9.97 Å². The predicted molar refractivity (Wildman–Crippen MR) is 122 cm³/mol. The van der Waals surface area contributed by atoms with Gasteiger partial charge in [-0.05, 0) is 66.8 Å². The van der Waals surface area contributed by atoms with Crippen LogP contribution in [0.1, 0.15) is 68.9 Å². The fraction of sp³-hybridized carbons (Fsp3) is 0.370. The Labute approximate surface area is 184 Å². The number of benzene rings is 2. The summed E-state index contributed by atoms with van der Waals surface area (Å²) in [7, 11) is 0. The van der Waals surface area contributed by atoms with Crippen LogP contribution in [-0.4, -0.2) is 9.97 Å². The average Bonchev–Trinajstić information content (AvgIpc) is 2.83. The summed E-state index contributed by atoms with van der Waals surface area (Å²) >= 11 is 0. The molecule has 2 aromatic carbocycles. The Balaban J connectivity index is 1.41. The van der Waals surface area contributed by atoms with Crippen LogP contribution in [0.5, 0.6) is 0 Å². The van der Waals surface area contributed by atoms with Gasteiger partial charge in [0.05, 0.1) is 5.56 Å². The molecule has 4 heteroatoms. The summed E-state index contributed by atoms with van der Waals surface area (Å²) in [5, 5.41) is 8.87. The van der Waals surface area contributed by atoms with Gasteiger partial charge < -0.3 is 0 Å². The molecule has 0 radical (unpaired) electrons. The summed E-state index contributed by atoms with van der Waals surface area (Å²) in [4.78, 5) is 8.81. The third kappa shape index (κ3) is 4.99. The van der Waals surface area contributed by atoms with Crippen LogP contribution in [0.2, 0.25) is 0 Å². The predicted octanol–water partition coefficient (Wildman–Crippen LogP) is 7.29. The molecule has 0 atom stereocenters. The molecule has 3 aromatic rings. The Hall–Kier alpha value is -3.06. The molecule has 31 heavy (non-hydrogen) atoms. The molecule has 1 aliphatic rings. The highest BCUT2D eigenvalue weighted by Gasteiger charge is 2.22. The van der Waals surface area contributed by atoms with Crippen LogP contribution >= 0.6 is 0 Å². The summed E-state index contributed by atoms with van der Waals surface area (Å²) in [5.74, 6) is 1.50. The zero-order valence-corrected chi connectivity index (χ0v) is 18.0. The smallest absolute Gasteiger partial charge is 0.159 e. The molecule has 0 saturated heterocycles. The molecule has 1 aromatic heterocycles. The summed E-state index contributed by atoms with van der Waals surface area (Å²) in [6.45, 7) is 2.28. The largest absolute Gasteiger partial charge is 0.236 e. The fourth-order valence-corrected chi connectivity index (χ4v) is 4.60. The first-order valence-electron chi connectivity index (χ1n) is 11.3. The monoisotopic (exact) mass is 413 g/mol. The Morgan fingerprint density at radius 2 is 1.61 bits per heavy atom. The van der Waals surface area contributed by atoms with Crippen molar-refractivity contribution in [3.63, 3.8) is 0 Å². The van der Waals surface area contributed by atoms with Crippen molar-refractivity contribution in [3.05, 3.63) is 71.8 Å². The molecule has 1 heterocycles. The molecule has 0 N–H and O–H groups in total. The Morgan fingerprint density at radius 1 is 0.935 bits per heavy atom. The summed E-state index contributed by atoms with van der Waals surface area (Å²) in [6, 6.07) is 15.1. The maximum atomic E-state index is 13.9. The first-order valence-corrected chi connectivity index (χ1v) is 11.3. The number of rotatable bonds is 6. The van der Waals surface area contributed by atoms with Gasteiger partial charge in [0.1, 0.15) is 11.9 Å². The maximum absolute atomic E-state index is 13.9. The number of aromatic nitrogens is 2. The standard InChI is InChI=1S/C27H28FN3/c1-2-3-4-19-5-7-20(8-6-19)21-9-11-22(12-10-21)25-17-30-27(31-18-25)23-13-14-24(16-29)26(28)15-23/h9-15,17-20H,2-8H2,1H3/t19-,20-. The molecule has 0 unspecified atom stereocenters. The second-order valence-corrected chi connectivity index (χ2v) is 8.58. The minimum Gasteiger partial charge on any atom is -0.236 e. The highest BCUT2D eigenvalue weighted by molar-refractivity contribution is 5.64. The van der Waals surface area contributed by atoms with E-state index in [9.17, 15) is 4.39 Å². The zero-order valence-electron chi connectivity index (χ0n) is 18.0. The normalized spacial score (nSPS) is 18.5. The van der Waals surface area contributed by atoms with Crippen LogP contribution < -0.4 is 0 Å². The highest BCUT2D eigenvalue weighted by atomic mass is 19.1. The molecule has 0 amide bonds. The van der Waals surface area contributed by atoms with E-state index in [1.165, 1.54) is 62.6 Å². The van der Waals surface area contributed by atoms with Crippen molar-refractivity contribution >= 4 is 0 Å². The second kappa shape index (κ2) is 9.83. The van der Waals surface area contributed by atoms with Gasteiger partial charge in [0.2, 0.25) is 0 Å². The lowest BCUT2D eigenvalue weighted by atomic mass is 9.77. The maximum Gasteiger partial charge on any atom is 0.159 e. The lowest BCUT2D eigenvalue weighted by Crippen LogP contribution is -2.13. The van der Waals surface area contributed by atoms with E-state index in [0.717, 1.165) is 17.0 Å². The van der Waals surface area contributed by atoms with Gasteiger partial charge in [-0.25, -0.2) is 14.4 Å². The van der Waals surface area contributed by atoms with E-state index in [2.05, 4.69) is 41.2 Å². The Morgan fingerprint density at radius 3 is 2.23 bits per heavy atom. The molecule has 1 aliphatic carbocycles. The van der Waals surface area contributed by atoms with Gasteiger partial charge in [-0.1, -0.05) is 50.5 Å². The number of hydrogen-bond donors (Lipinski definition) is 0. The number of halogens is 1. The van der Waals surface area contributed by atoms with Crippen LogP contribution in [-0.2, 0) is 0 Å². The van der Waals surface area contributed by atoms with E-state index < -0.39 is 5.82 Å². The van der Waals surface area contributed by atoms with Gasteiger partial charge in [-0.3, -0.25) is 0 Å². The number of unbranched alkanes of at least 4 members (excludes halogenated alkanes) is 1. The van der Waals surface area contributed by atoms with Crippen LogP contribution in [0, 0.1) is 23.1 Å². The van der Waals surface area contributed by atoms with Crippen molar-refractivity contribution in [2.24, 2.45) is 5.92 Å². The van der Waals surface area contributed by atoms with E-state index in [-0.39, 0.29) is 5.56 Å². The number of hydrogen-bond acceptors (Lipinski definition) is 3. The Bertz CT molecular complexity index is 1040. The molecule has 1 saturated carbocycles. The van der Waals surface area contributed by atoms with Gasteiger partial charge in [0.15, 0.2) is 5.82 Å². The van der Waals surface area contributed by atoms with E-state index >= 15 is 0 Å². The third-order valence-electron chi connectivity index (χ3n) is 6.53. The lowest BCUT2D eigenvalue weighted by Gasteiger charge is -2.29. The van der Waals surface area contributed by atoms with Crippen LogP contribution in [0.3, 0.4) is 0 Å². The topological polar surface area (TPSA) is 49.6 Å². The molecule has 0 bridgehead atoms. The van der Waals surface area contributed by atoms with Crippen molar-refractivity contribution < 1.29 is 4.39 Å². The van der Waals surface area contributed by atoms with Crippen molar-refractivity contribution in [2.75, 3.05) is 0 Å². The fourth-order valence-electron chi connectivity index (χ4n) is 4.60. The lowest BCUT2D eigenvalue weighted by molar-refractivity contribution is 0.304. The second-order valence-electron chi connectivity index (χ2n) is 8.58. The molecule has 3 nitrogen and oxygen atoms in total. The number of nitriles is 1. The molecule has 0 aliphatic heterocycles. The minimum atomic E-state index is -0.553. The van der Waals surface area contributed by atoms with E-state index in [4.69, 9.17) is 5.26 Å². The minimum absolute atomic E-state index is 0.0231. The molecule has 1 fully saturated rings. The van der Waals surface area contributed by atoms with Crippen LogP contribution in [0.4, 0.5) is 4.39 Å². The third-order valence-corrected chi connectivity index (χ3v) is 6.53. The van der Waals surface area contributed by atoms with Crippen molar-refractivity contribution in [3.8, 4) is 28.6 Å². The van der Waals surface area contributed by atoms with E-state index in [1.54, 1.807) is 18.5 Å². The van der Waals surface area contributed by atoms with Crippen molar-refractivity contribution in [1.29, 1.82) is 5.26 Å². The van der Waals surface area contributed by atoms with Gasteiger partial charge in [-0.15, -0.1) is 0 Å². The van der Waals surface area contributed by atoms with Crippen LogP contribution in [0.25, 0.3) is 22.5 Å². The average molecular weight is 414 g/mol. The SMILES string of the molecule is CCCC[C@H]1CC[C@H](c2ccc(-c3cnc(-c4ccc(C#N)c(F)c4)nc3)cc2)CC1. The van der Waals surface area contributed by atoms with E-state index in [0.29, 0.717) is 17.3 Å². The van der Waals surface area contributed by atoms with Gasteiger partial charge in [0.25, 0.3) is 0 Å². The zero-order chi connectivity index (χ0) is 21.6. The first kappa shape index (κ1) is 21.2.